The van der Waals surface area contributed by atoms with Gasteiger partial charge in [0, 0.05) is 18.1 Å². The minimum absolute atomic E-state index is 0.0185. The first-order chi connectivity index (χ1) is 12.2. The molecule has 0 radical (unpaired) electrons. The molecule has 3 aromatic rings. The summed E-state index contributed by atoms with van der Waals surface area (Å²) in [5.74, 6) is 1.36. The van der Waals surface area contributed by atoms with Crippen LogP contribution in [0.3, 0.4) is 0 Å². The molecule has 1 aromatic heterocycles. The summed E-state index contributed by atoms with van der Waals surface area (Å²) >= 11 is 0. The Balaban J connectivity index is 2.18. The third kappa shape index (κ3) is 2.14. The van der Waals surface area contributed by atoms with E-state index in [-0.39, 0.29) is 11.0 Å². The second-order valence-electron chi connectivity index (χ2n) is 9.07. The molecule has 2 heteroatoms. The molecule has 2 heterocycles. The van der Waals surface area contributed by atoms with E-state index in [1.807, 2.05) is 0 Å². The summed E-state index contributed by atoms with van der Waals surface area (Å²) < 4.78 is 5.07. The minimum Gasteiger partial charge on any atom is -0.217 e. The van der Waals surface area contributed by atoms with Gasteiger partial charge < -0.3 is 0 Å². The number of rotatable bonds is 1. The first kappa shape index (κ1) is 17.1. The molecule has 0 atom stereocenters. The molecule has 1 aliphatic rings. The Morgan fingerprint density at radius 2 is 1.50 bits per heavy atom. The van der Waals surface area contributed by atoms with Crippen molar-refractivity contribution >= 4 is 0 Å². The number of hydrogen-bond acceptors (Lipinski definition) is 0. The number of aryl methyl sites for hydroxylation is 1. The molecule has 0 bridgehead atoms. The zero-order valence-corrected chi connectivity index (χ0v) is 17.0. The predicted octanol–water partition coefficient (Wildman–Crippen LogP) is 5.44. The maximum absolute atomic E-state index is 2.58. The summed E-state index contributed by atoms with van der Waals surface area (Å²) in [6.07, 6.45) is 0. The lowest BCUT2D eigenvalue weighted by Gasteiger charge is -2.25. The van der Waals surface area contributed by atoms with Crippen molar-refractivity contribution < 1.29 is 4.57 Å². The van der Waals surface area contributed by atoms with Crippen molar-refractivity contribution in [2.75, 3.05) is 0 Å². The van der Waals surface area contributed by atoms with Crippen LogP contribution in [0.25, 0.3) is 16.9 Å². The van der Waals surface area contributed by atoms with Crippen LogP contribution in [0.2, 0.25) is 0 Å². The highest BCUT2D eigenvalue weighted by Crippen LogP contribution is 2.43. The number of nitrogens with zero attached hydrogens (tertiary/aromatic N) is 2. The highest BCUT2D eigenvalue weighted by Gasteiger charge is 2.49. The van der Waals surface area contributed by atoms with Crippen LogP contribution in [0.15, 0.2) is 48.5 Å². The number of fused-ring (bicyclic) bond motifs is 3. The number of benzene rings is 2. The smallest absolute Gasteiger partial charge is 0.217 e. The maximum Gasteiger partial charge on any atom is 0.268 e. The van der Waals surface area contributed by atoms with Crippen LogP contribution < -0.4 is 4.57 Å². The van der Waals surface area contributed by atoms with Crippen molar-refractivity contribution in [3.8, 4) is 16.9 Å². The van der Waals surface area contributed by atoms with Gasteiger partial charge in [-0.15, -0.1) is 0 Å². The Bertz CT molecular complexity index is 1010. The van der Waals surface area contributed by atoms with E-state index in [1.54, 1.807) is 0 Å². The molecule has 0 amide bonds. The molecular formula is C24H29N2+. The Kier molecular flexibility index (Phi) is 3.50. The molecule has 2 aromatic carbocycles. The fourth-order valence-electron chi connectivity index (χ4n) is 4.62. The molecule has 0 N–H and O–H groups in total. The normalized spacial score (nSPS) is 15.0. The van der Waals surface area contributed by atoms with E-state index >= 15 is 0 Å². The van der Waals surface area contributed by atoms with Crippen molar-refractivity contribution in [1.82, 2.24) is 4.57 Å². The SMILES string of the molecule is Cc1ccccc1-n1c(C)c2[n+](c1C(C)(C)C)C(C)(C)c1ccccc1-2. The summed E-state index contributed by atoms with van der Waals surface area (Å²) in [7, 11) is 0. The van der Waals surface area contributed by atoms with Crippen LogP contribution >= 0.6 is 0 Å². The largest absolute Gasteiger partial charge is 0.268 e. The van der Waals surface area contributed by atoms with Gasteiger partial charge in [0.25, 0.3) is 5.82 Å². The lowest BCUT2D eigenvalue weighted by atomic mass is 9.90. The van der Waals surface area contributed by atoms with Crippen LogP contribution in [-0.4, -0.2) is 4.57 Å². The van der Waals surface area contributed by atoms with Gasteiger partial charge in [-0.1, -0.05) is 42.5 Å². The third-order valence-electron chi connectivity index (χ3n) is 5.75. The van der Waals surface area contributed by atoms with Gasteiger partial charge in [-0.2, -0.15) is 4.57 Å². The van der Waals surface area contributed by atoms with Crippen LogP contribution in [0.4, 0.5) is 0 Å². The summed E-state index contributed by atoms with van der Waals surface area (Å²) in [4.78, 5) is 0. The van der Waals surface area contributed by atoms with E-state index in [2.05, 4.69) is 106 Å². The Labute approximate surface area is 157 Å². The van der Waals surface area contributed by atoms with Gasteiger partial charge in [-0.25, -0.2) is 4.57 Å². The monoisotopic (exact) mass is 345 g/mol. The molecular weight excluding hydrogens is 316 g/mol. The Morgan fingerprint density at radius 1 is 0.885 bits per heavy atom. The summed E-state index contributed by atoms with van der Waals surface area (Å²) in [5.41, 5.74) is 8.01. The highest BCUT2D eigenvalue weighted by molar-refractivity contribution is 5.69. The van der Waals surface area contributed by atoms with Crippen molar-refractivity contribution in [1.29, 1.82) is 0 Å². The van der Waals surface area contributed by atoms with Gasteiger partial charge in [0.1, 0.15) is 11.2 Å². The zero-order valence-electron chi connectivity index (χ0n) is 17.0. The van der Waals surface area contributed by atoms with Crippen LogP contribution in [0.5, 0.6) is 0 Å². The molecule has 0 aliphatic carbocycles. The minimum atomic E-state index is -0.0623. The molecule has 4 rings (SSSR count). The number of imidazole rings is 1. The van der Waals surface area contributed by atoms with Crippen LogP contribution in [0.1, 0.15) is 57.3 Å². The van der Waals surface area contributed by atoms with E-state index in [0.717, 1.165) is 0 Å². The summed E-state index contributed by atoms with van der Waals surface area (Å²) in [6.45, 7) is 16.1. The van der Waals surface area contributed by atoms with E-state index in [9.17, 15) is 0 Å². The van der Waals surface area contributed by atoms with Crippen molar-refractivity contribution in [2.24, 2.45) is 0 Å². The van der Waals surface area contributed by atoms with Crippen molar-refractivity contribution in [2.45, 2.75) is 59.4 Å². The first-order valence-electron chi connectivity index (χ1n) is 9.50. The standard InChI is InChI=1S/C24H29N2/c1-16-12-8-11-15-20(16)25-17(2)21-18-13-9-10-14-19(18)24(6,7)26(21)22(25)23(3,4)5/h8-15H,1-7H3/q+1. The van der Waals surface area contributed by atoms with Gasteiger partial charge in [0.05, 0.1) is 5.41 Å². The maximum atomic E-state index is 2.58. The van der Waals surface area contributed by atoms with Gasteiger partial charge in [-0.3, -0.25) is 0 Å². The van der Waals surface area contributed by atoms with Gasteiger partial charge in [0.2, 0.25) is 0 Å². The predicted molar refractivity (Wildman–Crippen MR) is 108 cm³/mol. The van der Waals surface area contributed by atoms with E-state index in [0.29, 0.717) is 0 Å². The lowest BCUT2D eigenvalue weighted by Crippen LogP contribution is -2.55. The average molecular weight is 346 g/mol. The number of hydrogen-bond donors (Lipinski definition) is 0. The van der Waals surface area contributed by atoms with Crippen molar-refractivity contribution in [3.63, 3.8) is 0 Å². The average Bonchev–Trinajstić information content (AvgIpc) is 3.00. The zero-order chi connectivity index (χ0) is 18.9. The molecule has 0 unspecified atom stereocenters. The fraction of sp³-hybridized carbons (Fsp3) is 0.375. The molecule has 2 nitrogen and oxygen atoms in total. The van der Waals surface area contributed by atoms with Crippen LogP contribution in [0, 0.1) is 13.8 Å². The highest BCUT2D eigenvalue weighted by atomic mass is 15.2. The van der Waals surface area contributed by atoms with E-state index in [4.69, 9.17) is 0 Å². The van der Waals surface area contributed by atoms with E-state index < -0.39 is 0 Å². The second-order valence-corrected chi connectivity index (χ2v) is 9.07. The topological polar surface area (TPSA) is 8.81 Å². The fourth-order valence-corrected chi connectivity index (χ4v) is 4.62. The molecule has 1 aliphatic heterocycles. The number of para-hydroxylation sites is 1. The second kappa shape index (κ2) is 5.33. The van der Waals surface area contributed by atoms with Gasteiger partial charge >= 0.3 is 0 Å². The molecule has 134 valence electrons. The van der Waals surface area contributed by atoms with Gasteiger partial charge in [0.15, 0.2) is 11.4 Å². The quantitative estimate of drug-likeness (QED) is 0.519. The lowest BCUT2D eigenvalue weighted by molar-refractivity contribution is -0.740. The summed E-state index contributed by atoms with van der Waals surface area (Å²) in [5, 5.41) is 0. The first-order valence-corrected chi connectivity index (χ1v) is 9.50. The molecule has 0 saturated heterocycles. The number of aromatic nitrogens is 2. The molecule has 0 spiro atoms. The van der Waals surface area contributed by atoms with Gasteiger partial charge in [-0.05, 0) is 53.2 Å². The van der Waals surface area contributed by atoms with Crippen LogP contribution in [-0.2, 0) is 11.0 Å². The molecule has 0 fully saturated rings. The summed E-state index contributed by atoms with van der Waals surface area (Å²) in [6, 6.07) is 17.6. The molecule has 0 saturated carbocycles. The Morgan fingerprint density at radius 3 is 2.15 bits per heavy atom. The third-order valence-corrected chi connectivity index (χ3v) is 5.75. The van der Waals surface area contributed by atoms with E-state index in [1.165, 1.54) is 39.6 Å². The molecule has 26 heavy (non-hydrogen) atoms. The van der Waals surface area contributed by atoms with Crippen molar-refractivity contribution in [3.05, 3.63) is 71.2 Å². The Hall–Kier alpha value is -2.35.